The lowest BCUT2D eigenvalue weighted by Gasteiger charge is -2.29. The summed E-state index contributed by atoms with van der Waals surface area (Å²) in [6.07, 6.45) is 1.56. The second-order valence-electron chi connectivity index (χ2n) is 4.80. The number of carbonyl (C=O) groups excluding carboxylic acids is 2. The summed E-state index contributed by atoms with van der Waals surface area (Å²) in [4.78, 5) is 35.0. The van der Waals surface area contributed by atoms with E-state index >= 15 is 0 Å². The molecule has 0 radical (unpaired) electrons. The van der Waals surface area contributed by atoms with E-state index in [-0.39, 0.29) is 24.0 Å². The summed E-state index contributed by atoms with van der Waals surface area (Å²) >= 11 is 0. The van der Waals surface area contributed by atoms with Gasteiger partial charge < -0.3 is 9.64 Å². The molecule has 1 heterocycles. The van der Waals surface area contributed by atoms with Crippen LogP contribution in [-0.4, -0.2) is 30.5 Å². The largest absolute Gasteiger partial charge is 0.469 e. The number of hydrogen-bond donors (Lipinski definition) is 0. The van der Waals surface area contributed by atoms with Gasteiger partial charge in [0.2, 0.25) is 5.91 Å². The second kappa shape index (κ2) is 6.34. The highest BCUT2D eigenvalue weighted by Gasteiger charge is 2.25. The van der Waals surface area contributed by atoms with Crippen LogP contribution in [-0.2, 0) is 20.7 Å². The summed E-state index contributed by atoms with van der Waals surface area (Å²) in [6.45, 7) is 0.402. The monoisotopic (exact) mass is 292 g/mol. The average Bonchev–Trinajstić information content (AvgIpc) is 2.48. The van der Waals surface area contributed by atoms with Crippen LogP contribution >= 0.6 is 0 Å². The third-order valence-electron chi connectivity index (χ3n) is 3.46. The summed E-state index contributed by atoms with van der Waals surface area (Å²) in [5, 5.41) is 10.8. The molecule has 0 saturated heterocycles. The molecule has 1 amide bonds. The highest BCUT2D eigenvalue weighted by molar-refractivity contribution is 5.96. The smallest absolute Gasteiger partial charge is 0.305 e. The van der Waals surface area contributed by atoms with Crippen molar-refractivity contribution in [3.63, 3.8) is 0 Å². The SMILES string of the molecule is COC(=O)CCCN1C(=O)CCc2cc([N+](=O)[O-])ccc21. The van der Waals surface area contributed by atoms with Gasteiger partial charge in [-0.2, -0.15) is 0 Å². The molecule has 1 aliphatic rings. The van der Waals surface area contributed by atoms with E-state index in [9.17, 15) is 19.7 Å². The second-order valence-corrected chi connectivity index (χ2v) is 4.80. The first-order valence-corrected chi connectivity index (χ1v) is 6.67. The van der Waals surface area contributed by atoms with E-state index in [0.717, 1.165) is 5.56 Å². The van der Waals surface area contributed by atoms with Crippen LogP contribution in [0.5, 0.6) is 0 Å². The lowest BCUT2D eigenvalue weighted by molar-refractivity contribution is -0.384. The lowest BCUT2D eigenvalue weighted by Crippen LogP contribution is -2.36. The molecule has 0 saturated carbocycles. The van der Waals surface area contributed by atoms with E-state index in [1.165, 1.54) is 19.2 Å². The summed E-state index contributed by atoms with van der Waals surface area (Å²) < 4.78 is 4.56. The summed E-state index contributed by atoms with van der Waals surface area (Å²) in [7, 11) is 1.32. The van der Waals surface area contributed by atoms with Crippen molar-refractivity contribution in [3.8, 4) is 0 Å². The molecule has 7 heteroatoms. The number of methoxy groups -OCH3 is 1. The Labute approximate surface area is 121 Å². The molecule has 0 bridgehead atoms. The van der Waals surface area contributed by atoms with Gasteiger partial charge in [0.25, 0.3) is 5.69 Å². The first-order chi connectivity index (χ1) is 10.0. The van der Waals surface area contributed by atoms with E-state index in [2.05, 4.69) is 4.74 Å². The van der Waals surface area contributed by atoms with E-state index in [1.807, 2.05) is 0 Å². The van der Waals surface area contributed by atoms with Crippen molar-refractivity contribution in [2.45, 2.75) is 25.7 Å². The number of carbonyl (C=O) groups is 2. The summed E-state index contributed by atoms with van der Waals surface area (Å²) in [5.74, 6) is -0.343. The van der Waals surface area contributed by atoms with E-state index in [0.29, 0.717) is 31.5 Å². The first-order valence-electron chi connectivity index (χ1n) is 6.67. The Balaban J connectivity index is 2.14. The van der Waals surface area contributed by atoms with E-state index in [4.69, 9.17) is 0 Å². The van der Waals surface area contributed by atoms with Crippen LogP contribution < -0.4 is 4.90 Å². The number of nitro benzene ring substituents is 1. The fourth-order valence-corrected chi connectivity index (χ4v) is 2.39. The molecular weight excluding hydrogens is 276 g/mol. The minimum absolute atomic E-state index is 0.0256. The van der Waals surface area contributed by atoms with Crippen molar-refractivity contribution >= 4 is 23.3 Å². The zero-order chi connectivity index (χ0) is 15.4. The third-order valence-corrected chi connectivity index (χ3v) is 3.46. The van der Waals surface area contributed by atoms with Crippen molar-refractivity contribution in [1.82, 2.24) is 0 Å². The number of nitrogens with zero attached hydrogens (tertiary/aromatic N) is 2. The Morgan fingerprint density at radius 1 is 1.43 bits per heavy atom. The third kappa shape index (κ3) is 3.36. The summed E-state index contributed by atoms with van der Waals surface area (Å²) in [5.41, 5.74) is 1.51. The maximum Gasteiger partial charge on any atom is 0.305 e. The number of rotatable bonds is 5. The van der Waals surface area contributed by atoms with Crippen LogP contribution in [0.2, 0.25) is 0 Å². The van der Waals surface area contributed by atoms with Crippen LogP contribution in [0.15, 0.2) is 18.2 Å². The minimum Gasteiger partial charge on any atom is -0.469 e. The molecule has 1 aliphatic heterocycles. The fraction of sp³-hybridized carbons (Fsp3) is 0.429. The van der Waals surface area contributed by atoms with Crippen molar-refractivity contribution < 1.29 is 19.2 Å². The molecule has 0 aliphatic carbocycles. The molecule has 1 aromatic carbocycles. The molecule has 0 fully saturated rings. The van der Waals surface area contributed by atoms with Gasteiger partial charge in [-0.05, 0) is 24.5 Å². The number of non-ortho nitro benzene ring substituents is 1. The van der Waals surface area contributed by atoms with Crippen molar-refractivity contribution in [2.75, 3.05) is 18.6 Å². The predicted octanol–water partition coefficient (Wildman–Crippen LogP) is 1.83. The maximum absolute atomic E-state index is 12.0. The Morgan fingerprint density at radius 2 is 2.19 bits per heavy atom. The van der Waals surface area contributed by atoms with Gasteiger partial charge in [0, 0.05) is 37.2 Å². The van der Waals surface area contributed by atoms with Gasteiger partial charge in [-0.3, -0.25) is 19.7 Å². The molecule has 7 nitrogen and oxygen atoms in total. The molecule has 0 atom stereocenters. The number of esters is 1. The van der Waals surface area contributed by atoms with E-state index in [1.54, 1.807) is 11.0 Å². The normalized spacial score (nSPS) is 13.8. The van der Waals surface area contributed by atoms with Crippen molar-refractivity contribution in [3.05, 3.63) is 33.9 Å². The Bertz CT molecular complexity index is 585. The van der Waals surface area contributed by atoms with Gasteiger partial charge in [-0.25, -0.2) is 0 Å². The van der Waals surface area contributed by atoms with Crippen LogP contribution in [0.4, 0.5) is 11.4 Å². The first kappa shape index (κ1) is 15.0. The Morgan fingerprint density at radius 3 is 2.86 bits per heavy atom. The standard InChI is InChI=1S/C14H16N2O5/c1-21-14(18)3-2-8-15-12-6-5-11(16(19)20)9-10(12)4-7-13(15)17/h5-6,9H,2-4,7-8H2,1H3. The Kier molecular flexibility index (Phi) is 4.52. The number of benzene rings is 1. The predicted molar refractivity (Wildman–Crippen MR) is 75.0 cm³/mol. The van der Waals surface area contributed by atoms with Gasteiger partial charge in [0.15, 0.2) is 0 Å². The van der Waals surface area contributed by atoms with Crippen molar-refractivity contribution in [2.24, 2.45) is 0 Å². The Hall–Kier alpha value is -2.44. The number of anilines is 1. The van der Waals surface area contributed by atoms with Crippen LogP contribution in [0.3, 0.4) is 0 Å². The topological polar surface area (TPSA) is 89.8 Å². The number of amides is 1. The highest BCUT2D eigenvalue weighted by Crippen LogP contribution is 2.31. The molecule has 0 spiro atoms. The number of nitro groups is 1. The number of hydrogen-bond acceptors (Lipinski definition) is 5. The van der Waals surface area contributed by atoms with Crippen LogP contribution in [0, 0.1) is 10.1 Å². The van der Waals surface area contributed by atoms with Gasteiger partial charge in [0.1, 0.15) is 0 Å². The molecule has 0 unspecified atom stereocenters. The lowest BCUT2D eigenvalue weighted by atomic mass is 10.00. The molecule has 1 aromatic rings. The molecule has 0 aromatic heterocycles. The summed E-state index contributed by atoms with van der Waals surface area (Å²) in [6, 6.07) is 4.50. The molecular formula is C14H16N2O5. The maximum atomic E-state index is 12.0. The molecule has 21 heavy (non-hydrogen) atoms. The van der Waals surface area contributed by atoms with Crippen molar-refractivity contribution in [1.29, 1.82) is 0 Å². The number of fused-ring (bicyclic) bond motifs is 1. The zero-order valence-electron chi connectivity index (χ0n) is 11.7. The molecule has 0 N–H and O–H groups in total. The average molecular weight is 292 g/mol. The highest BCUT2D eigenvalue weighted by atomic mass is 16.6. The number of ether oxygens (including phenoxy) is 1. The van der Waals surface area contributed by atoms with Gasteiger partial charge in [-0.1, -0.05) is 0 Å². The van der Waals surface area contributed by atoms with E-state index < -0.39 is 4.92 Å². The fourth-order valence-electron chi connectivity index (χ4n) is 2.39. The van der Waals surface area contributed by atoms with Gasteiger partial charge >= 0.3 is 5.97 Å². The molecule has 2 rings (SSSR count). The van der Waals surface area contributed by atoms with Gasteiger partial charge in [0.05, 0.1) is 12.0 Å². The van der Waals surface area contributed by atoms with Gasteiger partial charge in [-0.15, -0.1) is 0 Å². The number of aryl methyl sites for hydroxylation is 1. The quantitative estimate of drug-likeness (QED) is 0.469. The zero-order valence-corrected chi connectivity index (χ0v) is 11.7. The minimum atomic E-state index is -0.446. The van der Waals surface area contributed by atoms with Crippen LogP contribution in [0.1, 0.15) is 24.8 Å². The molecule has 112 valence electrons. The van der Waals surface area contributed by atoms with Crippen LogP contribution in [0.25, 0.3) is 0 Å².